The Morgan fingerprint density at radius 1 is 1.28 bits per heavy atom. The minimum atomic E-state index is 0.271. The highest BCUT2D eigenvalue weighted by Gasteiger charge is 2.15. The van der Waals surface area contributed by atoms with Crippen LogP contribution in [0.3, 0.4) is 0 Å². The van der Waals surface area contributed by atoms with Crippen molar-refractivity contribution >= 4 is 11.0 Å². The lowest BCUT2D eigenvalue weighted by molar-refractivity contribution is 0.394. The van der Waals surface area contributed by atoms with Crippen LogP contribution in [0, 0.1) is 6.92 Å². The Kier molecular flexibility index (Phi) is 3.92. The van der Waals surface area contributed by atoms with Crippen molar-refractivity contribution in [2.75, 3.05) is 13.7 Å². The van der Waals surface area contributed by atoms with Crippen LogP contribution >= 0.6 is 0 Å². The number of fused-ring (bicyclic) bond motifs is 1. The quantitative estimate of drug-likeness (QED) is 0.872. The van der Waals surface area contributed by atoms with Gasteiger partial charge in [0.1, 0.15) is 5.76 Å². The van der Waals surface area contributed by atoms with Crippen molar-refractivity contribution in [3.63, 3.8) is 0 Å². The van der Waals surface area contributed by atoms with E-state index in [9.17, 15) is 0 Å². The molecule has 0 saturated carbocycles. The monoisotopic (exact) mass is 247 g/mol. The van der Waals surface area contributed by atoms with E-state index in [4.69, 9.17) is 9.15 Å². The van der Waals surface area contributed by atoms with Gasteiger partial charge in [-0.1, -0.05) is 13.8 Å². The maximum Gasteiger partial charge on any atom is 0.176 e. The maximum atomic E-state index is 5.96. The zero-order chi connectivity index (χ0) is 13.1. The molecule has 3 heteroatoms. The number of rotatable bonds is 5. The third kappa shape index (κ3) is 2.36. The van der Waals surface area contributed by atoms with Crippen LogP contribution in [-0.2, 0) is 0 Å². The molecule has 2 rings (SSSR count). The predicted octanol–water partition coefficient (Wildman–Crippen LogP) is 3.81. The normalized spacial score (nSPS) is 12.9. The van der Waals surface area contributed by atoms with Gasteiger partial charge in [0.2, 0.25) is 0 Å². The van der Waals surface area contributed by atoms with Crippen molar-refractivity contribution in [1.82, 2.24) is 5.32 Å². The van der Waals surface area contributed by atoms with E-state index in [0.29, 0.717) is 0 Å². The van der Waals surface area contributed by atoms with Gasteiger partial charge in [-0.3, -0.25) is 0 Å². The van der Waals surface area contributed by atoms with Gasteiger partial charge in [0.25, 0.3) is 0 Å². The second kappa shape index (κ2) is 5.44. The number of aryl methyl sites for hydroxylation is 1. The Balaban J connectivity index is 2.48. The summed E-state index contributed by atoms with van der Waals surface area (Å²) in [7, 11) is 1.68. The Labute approximate surface area is 108 Å². The van der Waals surface area contributed by atoms with Crippen LogP contribution in [0.15, 0.2) is 22.6 Å². The van der Waals surface area contributed by atoms with Crippen LogP contribution in [-0.4, -0.2) is 13.7 Å². The molecule has 18 heavy (non-hydrogen) atoms. The molecule has 0 aliphatic rings. The molecule has 0 radical (unpaired) electrons. The molecule has 0 bridgehead atoms. The minimum absolute atomic E-state index is 0.271. The van der Waals surface area contributed by atoms with Gasteiger partial charge in [-0.05, 0) is 43.7 Å². The van der Waals surface area contributed by atoms with Crippen LogP contribution < -0.4 is 10.1 Å². The number of hydrogen-bond donors (Lipinski definition) is 1. The van der Waals surface area contributed by atoms with E-state index < -0.39 is 0 Å². The largest absolute Gasteiger partial charge is 0.493 e. The molecule has 0 fully saturated rings. The molecule has 98 valence electrons. The first-order valence-corrected chi connectivity index (χ1v) is 6.51. The molecule has 1 aromatic heterocycles. The Bertz CT molecular complexity index is 531. The summed E-state index contributed by atoms with van der Waals surface area (Å²) in [5.41, 5.74) is 2.03. The fraction of sp³-hybridized carbons (Fsp3) is 0.467. The first-order chi connectivity index (χ1) is 8.69. The summed E-state index contributed by atoms with van der Waals surface area (Å²) in [4.78, 5) is 0. The average Bonchev–Trinajstić information content (AvgIpc) is 2.78. The zero-order valence-electron chi connectivity index (χ0n) is 11.5. The second-order valence-corrected chi connectivity index (χ2v) is 4.55. The predicted molar refractivity (Wildman–Crippen MR) is 74.2 cm³/mol. The lowest BCUT2D eigenvalue weighted by Crippen LogP contribution is -2.19. The molecule has 1 N–H and O–H groups in total. The highest BCUT2D eigenvalue weighted by Crippen LogP contribution is 2.33. The maximum absolute atomic E-state index is 5.96. The van der Waals surface area contributed by atoms with Gasteiger partial charge in [0.15, 0.2) is 11.3 Å². The van der Waals surface area contributed by atoms with E-state index in [-0.39, 0.29) is 6.04 Å². The van der Waals surface area contributed by atoms with Crippen LogP contribution in [0.25, 0.3) is 11.0 Å². The summed E-state index contributed by atoms with van der Waals surface area (Å²) in [6, 6.07) is 6.52. The molecule has 1 aromatic carbocycles. The van der Waals surface area contributed by atoms with Crippen LogP contribution in [0.4, 0.5) is 0 Å². The van der Waals surface area contributed by atoms with Crippen molar-refractivity contribution in [3.8, 4) is 5.75 Å². The summed E-state index contributed by atoms with van der Waals surface area (Å²) in [5, 5.41) is 4.54. The van der Waals surface area contributed by atoms with Crippen molar-refractivity contribution in [3.05, 3.63) is 29.5 Å². The van der Waals surface area contributed by atoms with Gasteiger partial charge in [-0.2, -0.15) is 0 Å². The molecule has 2 aromatic rings. The van der Waals surface area contributed by atoms with Crippen LogP contribution in [0.2, 0.25) is 0 Å². The lowest BCUT2D eigenvalue weighted by atomic mass is 10.1. The highest BCUT2D eigenvalue weighted by atomic mass is 16.5. The standard InChI is InChI=1S/C15H21NO2/c1-5-12(16-6-2)13-9-11-7-10(3)8-14(17-4)15(11)18-13/h7-9,12,16H,5-6H2,1-4H3. The van der Waals surface area contributed by atoms with E-state index in [1.165, 1.54) is 5.56 Å². The molecule has 1 atom stereocenters. The van der Waals surface area contributed by atoms with E-state index in [2.05, 4.69) is 38.2 Å². The number of hydrogen-bond acceptors (Lipinski definition) is 3. The van der Waals surface area contributed by atoms with E-state index in [1.807, 2.05) is 6.07 Å². The first-order valence-electron chi connectivity index (χ1n) is 6.51. The molecular formula is C15H21NO2. The molecule has 0 aliphatic carbocycles. The van der Waals surface area contributed by atoms with Crippen molar-refractivity contribution in [1.29, 1.82) is 0 Å². The number of ether oxygens (including phenoxy) is 1. The SMILES string of the molecule is CCNC(CC)c1cc2cc(C)cc(OC)c2o1. The smallest absolute Gasteiger partial charge is 0.176 e. The molecular weight excluding hydrogens is 226 g/mol. The Morgan fingerprint density at radius 3 is 2.67 bits per heavy atom. The minimum Gasteiger partial charge on any atom is -0.493 e. The van der Waals surface area contributed by atoms with Crippen LogP contribution in [0.1, 0.15) is 37.6 Å². The molecule has 1 unspecified atom stereocenters. The molecule has 0 saturated heterocycles. The number of benzene rings is 1. The summed E-state index contributed by atoms with van der Waals surface area (Å²) in [5.74, 6) is 1.79. The number of nitrogens with one attached hydrogen (secondary N) is 1. The van der Waals surface area contributed by atoms with Crippen LogP contribution in [0.5, 0.6) is 5.75 Å². The van der Waals surface area contributed by atoms with Crippen molar-refractivity contribution < 1.29 is 9.15 Å². The summed E-state index contributed by atoms with van der Waals surface area (Å²) in [6.45, 7) is 7.26. The van der Waals surface area contributed by atoms with Gasteiger partial charge >= 0.3 is 0 Å². The Hall–Kier alpha value is -1.48. The third-order valence-electron chi connectivity index (χ3n) is 3.17. The van der Waals surface area contributed by atoms with Gasteiger partial charge < -0.3 is 14.5 Å². The molecule has 3 nitrogen and oxygen atoms in total. The van der Waals surface area contributed by atoms with Crippen molar-refractivity contribution in [2.24, 2.45) is 0 Å². The first kappa shape index (κ1) is 13.0. The number of methoxy groups -OCH3 is 1. The van der Waals surface area contributed by atoms with E-state index >= 15 is 0 Å². The van der Waals surface area contributed by atoms with E-state index in [0.717, 1.165) is 35.4 Å². The number of furan rings is 1. The van der Waals surface area contributed by atoms with Gasteiger partial charge in [-0.15, -0.1) is 0 Å². The van der Waals surface area contributed by atoms with Gasteiger partial charge in [-0.25, -0.2) is 0 Å². The third-order valence-corrected chi connectivity index (χ3v) is 3.17. The fourth-order valence-electron chi connectivity index (χ4n) is 2.30. The summed E-state index contributed by atoms with van der Waals surface area (Å²) >= 11 is 0. The summed E-state index contributed by atoms with van der Waals surface area (Å²) < 4.78 is 11.3. The summed E-state index contributed by atoms with van der Waals surface area (Å²) in [6.07, 6.45) is 1.01. The molecule has 0 amide bonds. The fourth-order valence-corrected chi connectivity index (χ4v) is 2.30. The molecule has 0 aliphatic heterocycles. The lowest BCUT2D eigenvalue weighted by Gasteiger charge is -2.12. The van der Waals surface area contributed by atoms with E-state index in [1.54, 1.807) is 7.11 Å². The van der Waals surface area contributed by atoms with Gasteiger partial charge in [0.05, 0.1) is 13.2 Å². The highest BCUT2D eigenvalue weighted by molar-refractivity contribution is 5.84. The Morgan fingerprint density at radius 2 is 2.06 bits per heavy atom. The van der Waals surface area contributed by atoms with Crippen molar-refractivity contribution in [2.45, 2.75) is 33.2 Å². The molecule has 1 heterocycles. The molecule has 0 spiro atoms. The average molecular weight is 247 g/mol. The van der Waals surface area contributed by atoms with Gasteiger partial charge in [0, 0.05) is 5.39 Å². The second-order valence-electron chi connectivity index (χ2n) is 4.55. The topological polar surface area (TPSA) is 34.4 Å². The zero-order valence-corrected chi connectivity index (χ0v) is 11.5.